The minimum absolute atomic E-state index is 0.0354. The van der Waals surface area contributed by atoms with Crippen LogP contribution in [0.2, 0.25) is 0 Å². The summed E-state index contributed by atoms with van der Waals surface area (Å²) in [5.41, 5.74) is -0.586. The van der Waals surface area contributed by atoms with Crippen LogP contribution in [0.5, 0.6) is 0 Å². The average molecular weight is 462 g/mol. The number of carbonyl (C=O) groups is 2. The number of carbonyl (C=O) groups excluding carboxylic acids is 2. The second-order valence-electron chi connectivity index (χ2n) is 11.0. The molecule has 2 heterocycles. The smallest absolute Gasteiger partial charge is 0.444 e. The number of ether oxygens (including phenoxy) is 1. The van der Waals surface area contributed by atoms with Crippen molar-refractivity contribution in [3.8, 4) is 0 Å². The molecule has 0 spiro atoms. The number of piperidine rings is 1. The van der Waals surface area contributed by atoms with Gasteiger partial charge in [-0.1, -0.05) is 6.07 Å². The van der Waals surface area contributed by atoms with Gasteiger partial charge in [0.2, 0.25) is 0 Å². The quantitative estimate of drug-likeness (QED) is 0.696. The van der Waals surface area contributed by atoms with Gasteiger partial charge in [0.15, 0.2) is 0 Å². The minimum atomic E-state index is -0.704. The molecule has 0 saturated carbocycles. The van der Waals surface area contributed by atoms with Crippen LogP contribution in [-0.2, 0) is 14.0 Å². The van der Waals surface area contributed by atoms with E-state index in [1.807, 2.05) is 27.7 Å². The van der Waals surface area contributed by atoms with Gasteiger partial charge in [0, 0.05) is 19.1 Å². The summed E-state index contributed by atoms with van der Waals surface area (Å²) in [6, 6.07) is 2.83. The normalized spacial score (nSPS) is 22.3. The molecule has 0 aromatic heterocycles. The Kier molecular flexibility index (Phi) is 6.88. The van der Waals surface area contributed by atoms with Crippen LogP contribution in [0.4, 0.5) is 9.18 Å². The van der Waals surface area contributed by atoms with E-state index in [1.54, 1.807) is 38.7 Å². The molecule has 1 aromatic rings. The van der Waals surface area contributed by atoms with Gasteiger partial charge in [0.1, 0.15) is 11.4 Å². The van der Waals surface area contributed by atoms with Crippen molar-refractivity contribution in [2.75, 3.05) is 13.1 Å². The molecular formula is C24H36BFN2O5. The topological polar surface area (TPSA) is 77.1 Å². The Labute approximate surface area is 196 Å². The predicted octanol–water partition coefficient (Wildman–Crippen LogP) is 3.56. The summed E-state index contributed by atoms with van der Waals surface area (Å²) >= 11 is 0. The Hall–Kier alpha value is -2.13. The lowest BCUT2D eigenvalue weighted by molar-refractivity contribution is 0.00578. The lowest BCUT2D eigenvalue weighted by Crippen LogP contribution is -2.50. The van der Waals surface area contributed by atoms with E-state index in [0.29, 0.717) is 30.5 Å². The van der Waals surface area contributed by atoms with Crippen molar-refractivity contribution in [2.45, 2.75) is 91.1 Å². The van der Waals surface area contributed by atoms with E-state index in [9.17, 15) is 9.59 Å². The number of aryl methyl sites for hydroxylation is 1. The Morgan fingerprint density at radius 1 is 1.18 bits per heavy atom. The number of alkyl carbamates (subject to hydrolysis) is 1. The maximum absolute atomic E-state index is 15.2. The molecular weight excluding hydrogens is 426 g/mol. The van der Waals surface area contributed by atoms with E-state index in [1.165, 1.54) is 6.07 Å². The van der Waals surface area contributed by atoms with Gasteiger partial charge >= 0.3 is 13.2 Å². The van der Waals surface area contributed by atoms with Gasteiger partial charge in [-0.25, -0.2) is 9.18 Å². The van der Waals surface area contributed by atoms with Crippen molar-refractivity contribution in [1.82, 2.24) is 10.2 Å². The lowest BCUT2D eigenvalue weighted by atomic mass is 9.77. The van der Waals surface area contributed by atoms with Crippen LogP contribution < -0.4 is 10.8 Å². The Balaban J connectivity index is 1.73. The van der Waals surface area contributed by atoms with E-state index in [0.717, 1.165) is 6.42 Å². The molecule has 1 aromatic carbocycles. The zero-order valence-corrected chi connectivity index (χ0v) is 21.0. The highest BCUT2D eigenvalue weighted by molar-refractivity contribution is 6.62. The monoisotopic (exact) mass is 462 g/mol. The molecule has 7 nitrogen and oxygen atoms in total. The van der Waals surface area contributed by atoms with Crippen molar-refractivity contribution in [3.63, 3.8) is 0 Å². The fourth-order valence-electron chi connectivity index (χ4n) is 4.07. The first-order valence-corrected chi connectivity index (χ1v) is 11.5. The summed E-state index contributed by atoms with van der Waals surface area (Å²) in [5.74, 6) is -0.993. The van der Waals surface area contributed by atoms with Crippen molar-refractivity contribution in [2.24, 2.45) is 0 Å². The number of likely N-dealkylation sites (tertiary alicyclic amines) is 1. The highest BCUT2D eigenvalue weighted by Gasteiger charge is 2.52. The van der Waals surface area contributed by atoms with Gasteiger partial charge < -0.3 is 24.3 Å². The highest BCUT2D eigenvalue weighted by atomic mass is 19.1. The Morgan fingerprint density at radius 2 is 1.79 bits per heavy atom. The van der Waals surface area contributed by atoms with Crippen molar-refractivity contribution in [3.05, 3.63) is 29.1 Å². The second-order valence-corrected chi connectivity index (χ2v) is 11.0. The van der Waals surface area contributed by atoms with Gasteiger partial charge in [0.05, 0.1) is 16.8 Å². The van der Waals surface area contributed by atoms with Gasteiger partial charge in [-0.2, -0.15) is 0 Å². The number of halogens is 1. The van der Waals surface area contributed by atoms with Crippen LogP contribution in [0.15, 0.2) is 12.1 Å². The van der Waals surface area contributed by atoms with Crippen LogP contribution in [0, 0.1) is 12.7 Å². The number of amides is 2. The van der Waals surface area contributed by atoms with Crippen LogP contribution in [0.25, 0.3) is 0 Å². The molecule has 2 aliphatic rings. The fraction of sp³-hybridized carbons (Fsp3) is 0.667. The molecule has 1 N–H and O–H groups in total. The third-order valence-electron chi connectivity index (χ3n) is 6.48. The SMILES string of the molecule is Cc1cc(B2OC(C)(C)C(C)(C)O2)cc(F)c1C(=O)N1CCC[C@H](NC(=O)OC(C)(C)C)C1. The zero-order valence-electron chi connectivity index (χ0n) is 21.0. The van der Waals surface area contributed by atoms with Crippen LogP contribution >= 0.6 is 0 Å². The molecule has 9 heteroatoms. The summed E-state index contributed by atoms with van der Waals surface area (Å²) in [4.78, 5) is 26.9. The van der Waals surface area contributed by atoms with Crippen molar-refractivity contribution >= 4 is 24.6 Å². The van der Waals surface area contributed by atoms with Crippen LogP contribution in [-0.4, -0.2) is 60.0 Å². The van der Waals surface area contributed by atoms with Crippen molar-refractivity contribution in [1.29, 1.82) is 0 Å². The minimum Gasteiger partial charge on any atom is -0.444 e. The largest absolute Gasteiger partial charge is 0.494 e. The van der Waals surface area contributed by atoms with E-state index in [2.05, 4.69) is 5.32 Å². The van der Waals surface area contributed by atoms with E-state index < -0.39 is 35.8 Å². The van der Waals surface area contributed by atoms with Crippen LogP contribution in [0.3, 0.4) is 0 Å². The molecule has 0 aliphatic carbocycles. The number of benzene rings is 1. The average Bonchev–Trinajstić information content (AvgIpc) is 2.87. The Morgan fingerprint density at radius 3 is 2.33 bits per heavy atom. The molecule has 3 rings (SSSR count). The van der Waals surface area contributed by atoms with E-state index >= 15 is 4.39 Å². The fourth-order valence-corrected chi connectivity index (χ4v) is 4.07. The number of hydrogen-bond acceptors (Lipinski definition) is 5. The molecule has 182 valence electrons. The molecule has 0 radical (unpaired) electrons. The van der Waals surface area contributed by atoms with Crippen molar-refractivity contribution < 1.29 is 28.0 Å². The first-order chi connectivity index (χ1) is 15.1. The lowest BCUT2D eigenvalue weighted by Gasteiger charge is -2.34. The number of hydrogen-bond donors (Lipinski definition) is 1. The molecule has 2 amide bonds. The van der Waals surface area contributed by atoms with Gasteiger partial charge in [-0.3, -0.25) is 4.79 Å². The molecule has 1 atom stereocenters. The summed E-state index contributed by atoms with van der Waals surface area (Å²) in [6.45, 7) is 15.6. The Bertz CT molecular complexity index is 889. The molecule has 2 fully saturated rings. The number of rotatable bonds is 3. The first-order valence-electron chi connectivity index (χ1n) is 11.5. The molecule has 33 heavy (non-hydrogen) atoms. The zero-order chi connectivity index (χ0) is 24.8. The first kappa shape index (κ1) is 25.5. The summed E-state index contributed by atoms with van der Waals surface area (Å²) in [5, 5.41) is 2.82. The maximum Gasteiger partial charge on any atom is 0.494 e. The van der Waals surface area contributed by atoms with Gasteiger partial charge in [0.25, 0.3) is 5.91 Å². The third-order valence-corrected chi connectivity index (χ3v) is 6.48. The molecule has 0 bridgehead atoms. The highest BCUT2D eigenvalue weighted by Crippen LogP contribution is 2.36. The maximum atomic E-state index is 15.2. The van der Waals surface area contributed by atoms with Crippen LogP contribution in [0.1, 0.15) is 77.2 Å². The van der Waals surface area contributed by atoms with Gasteiger partial charge in [-0.05, 0) is 85.3 Å². The molecule has 2 saturated heterocycles. The second kappa shape index (κ2) is 8.91. The summed E-state index contributed by atoms with van der Waals surface area (Å²) < 4.78 is 32.6. The predicted molar refractivity (Wildman–Crippen MR) is 125 cm³/mol. The standard InChI is InChI=1S/C24H36BFN2O5/c1-15-12-16(25-32-23(5,6)24(7,8)33-25)13-18(26)19(15)20(29)28-11-9-10-17(14-28)27-21(30)31-22(2,3)4/h12-13,17H,9-11,14H2,1-8H3,(H,27,30)/t17-/m0/s1. The number of nitrogens with one attached hydrogen (secondary N) is 1. The molecule has 0 unspecified atom stereocenters. The molecule has 2 aliphatic heterocycles. The summed E-state index contributed by atoms with van der Waals surface area (Å²) in [7, 11) is -0.704. The summed E-state index contributed by atoms with van der Waals surface area (Å²) in [6.07, 6.45) is 0.917. The van der Waals surface area contributed by atoms with E-state index in [-0.39, 0.29) is 17.5 Å². The van der Waals surface area contributed by atoms with Gasteiger partial charge in [-0.15, -0.1) is 0 Å². The van der Waals surface area contributed by atoms with E-state index in [4.69, 9.17) is 14.0 Å². The number of nitrogens with zero attached hydrogens (tertiary/aromatic N) is 1. The third kappa shape index (κ3) is 5.69.